The molecule has 3 aliphatic rings. The largest absolute Gasteiger partial charge is 0.508 e. The second kappa shape index (κ2) is 23.9. The summed E-state index contributed by atoms with van der Waals surface area (Å²) < 4.78 is 52.4. The fourth-order valence-electron chi connectivity index (χ4n) is 8.22. The lowest BCUT2D eigenvalue weighted by Crippen LogP contribution is -2.65. The van der Waals surface area contributed by atoms with Crippen LogP contribution in [-0.4, -0.2) is 200 Å². The Kier molecular flexibility index (Phi) is 17.3. The molecule has 3 saturated heterocycles. The molecule has 77 heavy (non-hydrogen) atoms. The molecular formula is C51H53O26+. The maximum atomic E-state index is 12.9. The van der Waals surface area contributed by atoms with E-state index in [4.69, 9.17) is 42.3 Å². The highest BCUT2D eigenvalue weighted by molar-refractivity contribution is 5.89. The van der Waals surface area contributed by atoms with Gasteiger partial charge in [-0.15, -0.1) is 0 Å². The van der Waals surface area contributed by atoms with Gasteiger partial charge in [-0.1, -0.05) is 18.2 Å². The molecule has 4 aromatic carbocycles. The van der Waals surface area contributed by atoms with E-state index in [0.717, 1.165) is 42.5 Å². The van der Waals surface area contributed by atoms with Gasteiger partial charge in [0, 0.05) is 30.4 Å². The number of rotatable bonds is 16. The normalized spacial score (nSPS) is 29.6. The van der Waals surface area contributed by atoms with E-state index in [9.17, 15) is 86.2 Å². The van der Waals surface area contributed by atoms with E-state index in [1.807, 2.05) is 0 Å². The van der Waals surface area contributed by atoms with Crippen LogP contribution in [0.5, 0.6) is 46.0 Å². The summed E-state index contributed by atoms with van der Waals surface area (Å²) in [5, 5.41) is 158. The van der Waals surface area contributed by atoms with E-state index in [0.29, 0.717) is 5.56 Å². The fraction of sp³-hybridized carbons (Fsp3) is 0.353. The van der Waals surface area contributed by atoms with Crippen molar-refractivity contribution in [3.05, 3.63) is 102 Å². The summed E-state index contributed by atoms with van der Waals surface area (Å²) in [6, 6.07) is 16.1. The molecule has 3 fully saturated rings. The van der Waals surface area contributed by atoms with Gasteiger partial charge in [-0.25, -0.2) is 14.0 Å². The predicted octanol–water partition coefficient (Wildman–Crippen LogP) is -0.675. The summed E-state index contributed by atoms with van der Waals surface area (Å²) >= 11 is 0. The fourth-order valence-corrected chi connectivity index (χ4v) is 8.22. The van der Waals surface area contributed by atoms with Gasteiger partial charge in [-0.3, -0.25) is 0 Å². The van der Waals surface area contributed by atoms with E-state index < -0.39 is 158 Å². The lowest BCUT2D eigenvalue weighted by Gasteiger charge is -2.45. The van der Waals surface area contributed by atoms with Crippen LogP contribution in [0.4, 0.5) is 0 Å². The van der Waals surface area contributed by atoms with E-state index >= 15 is 0 Å². The Bertz CT molecular complexity index is 2950. The minimum atomic E-state index is -2.17. The molecule has 15 N–H and O–H groups in total. The van der Waals surface area contributed by atoms with Gasteiger partial charge < -0.3 is 114 Å². The Morgan fingerprint density at radius 2 is 1.04 bits per heavy atom. The molecule has 8 rings (SSSR count). The number of ether oxygens (including phenoxy) is 8. The number of carbonyl (C=O) groups is 2. The Labute approximate surface area is 434 Å². The molecule has 3 aliphatic heterocycles. The number of hydrogen-bond donors (Lipinski definition) is 15. The van der Waals surface area contributed by atoms with Gasteiger partial charge in [-0.05, 0) is 59.7 Å². The molecule has 15 atom stereocenters. The number of aromatic hydroxyl groups is 6. The molecule has 0 spiro atoms. The average molecular weight is 1080 g/mol. The van der Waals surface area contributed by atoms with Crippen molar-refractivity contribution < 1.29 is 128 Å². The number of fused-ring (bicyclic) bond motifs is 1. The summed E-state index contributed by atoms with van der Waals surface area (Å²) in [5.41, 5.74) is 0.493. The molecule has 0 amide bonds. The van der Waals surface area contributed by atoms with Gasteiger partial charge in [0.1, 0.15) is 103 Å². The average Bonchev–Trinajstić information content (AvgIpc) is 3.40. The summed E-state index contributed by atoms with van der Waals surface area (Å²) in [6.07, 6.45) is -24.2. The molecule has 26 heteroatoms. The Balaban J connectivity index is 1.13. The van der Waals surface area contributed by atoms with Crippen LogP contribution in [0.3, 0.4) is 0 Å². The third kappa shape index (κ3) is 12.7. The van der Waals surface area contributed by atoms with Gasteiger partial charge in [-0.2, -0.15) is 0 Å². The summed E-state index contributed by atoms with van der Waals surface area (Å²) in [5.74, 6) is -5.82. The minimum Gasteiger partial charge on any atom is -0.508 e. The standard InChI is InChI=1S/C51H52O26/c52-18-34-39(61)42(64)45(67)49(74-34)72-32-16-25(54)15-31-26(32)17-33(47(71-31)23-6-10-28(56)30(58)14-23)73-51-48(44(66)41(63)36(76-51)20-70-38(60)12-5-22-3-9-27(55)29(57)13-22)77-50-46(68)43(65)40(62)35(75-50)19-69-37(59)11-4-21-1-7-24(53)8-2-21/h1-17,34-36,39-46,48-52,61-68H,18-20H2,(H5-,53,54,55,56,57,58,59,60)/p+1. The smallest absolute Gasteiger partial charge is 0.402 e. The van der Waals surface area contributed by atoms with E-state index in [2.05, 4.69) is 0 Å². The van der Waals surface area contributed by atoms with Gasteiger partial charge in [0.25, 0.3) is 0 Å². The monoisotopic (exact) mass is 1080 g/mol. The van der Waals surface area contributed by atoms with Gasteiger partial charge in [0.15, 0.2) is 35.4 Å². The quantitative estimate of drug-likeness (QED) is 0.0252. The maximum absolute atomic E-state index is 12.9. The van der Waals surface area contributed by atoms with Crippen LogP contribution in [0, 0.1) is 0 Å². The van der Waals surface area contributed by atoms with Crippen LogP contribution in [-0.2, 0) is 38.0 Å². The zero-order valence-corrected chi connectivity index (χ0v) is 39.8. The minimum absolute atomic E-state index is 0.0193. The van der Waals surface area contributed by atoms with Crippen LogP contribution < -0.4 is 9.47 Å². The van der Waals surface area contributed by atoms with Crippen molar-refractivity contribution in [1.29, 1.82) is 0 Å². The molecule has 0 saturated carbocycles. The van der Waals surface area contributed by atoms with Crippen LogP contribution in [0.1, 0.15) is 11.1 Å². The first kappa shape index (κ1) is 55.8. The van der Waals surface area contributed by atoms with Crippen molar-refractivity contribution >= 4 is 35.1 Å². The van der Waals surface area contributed by atoms with E-state index in [-0.39, 0.29) is 39.4 Å². The first-order chi connectivity index (χ1) is 36.7. The van der Waals surface area contributed by atoms with Crippen molar-refractivity contribution in [2.45, 2.75) is 92.1 Å². The number of esters is 2. The first-order valence-electron chi connectivity index (χ1n) is 23.4. The van der Waals surface area contributed by atoms with Crippen LogP contribution in [0.15, 0.2) is 95.4 Å². The molecule has 0 aliphatic carbocycles. The lowest BCUT2D eigenvalue weighted by molar-refractivity contribution is -0.358. The highest BCUT2D eigenvalue weighted by atomic mass is 16.8. The third-order valence-electron chi connectivity index (χ3n) is 12.5. The molecule has 412 valence electrons. The molecule has 0 radical (unpaired) electrons. The van der Waals surface area contributed by atoms with Gasteiger partial charge in [0.2, 0.25) is 18.3 Å². The maximum Gasteiger partial charge on any atom is 0.402 e. The number of phenols is 6. The van der Waals surface area contributed by atoms with Crippen molar-refractivity contribution in [1.82, 2.24) is 0 Å². The van der Waals surface area contributed by atoms with Crippen LogP contribution >= 0.6 is 0 Å². The number of aliphatic hydroxyl groups is 9. The Morgan fingerprint density at radius 3 is 1.66 bits per heavy atom. The number of benzene rings is 4. The summed E-state index contributed by atoms with van der Waals surface area (Å²) in [6.45, 7) is -2.41. The second-order valence-electron chi connectivity index (χ2n) is 17.8. The molecular weight excluding hydrogens is 1030 g/mol. The Hall–Kier alpha value is -7.41. The topological polar surface area (TPSA) is 423 Å². The number of carbonyl (C=O) groups excluding carboxylic acids is 2. The predicted molar refractivity (Wildman–Crippen MR) is 256 cm³/mol. The first-order valence-corrected chi connectivity index (χ1v) is 23.4. The molecule has 5 aromatic rings. The van der Waals surface area contributed by atoms with Crippen LogP contribution in [0.2, 0.25) is 0 Å². The van der Waals surface area contributed by atoms with Crippen molar-refractivity contribution in [2.24, 2.45) is 0 Å². The summed E-state index contributed by atoms with van der Waals surface area (Å²) in [7, 11) is 0. The van der Waals surface area contributed by atoms with Gasteiger partial charge in [0.05, 0.1) is 18.2 Å². The molecule has 0 bridgehead atoms. The number of phenolic OH excluding ortho intramolecular Hbond substituents is 6. The van der Waals surface area contributed by atoms with E-state index in [1.54, 1.807) is 0 Å². The van der Waals surface area contributed by atoms with Gasteiger partial charge >= 0.3 is 23.3 Å². The highest BCUT2D eigenvalue weighted by Gasteiger charge is 2.53. The van der Waals surface area contributed by atoms with Crippen LogP contribution in [0.25, 0.3) is 34.4 Å². The number of aliphatic hydroxyl groups excluding tert-OH is 9. The molecule has 15 unspecified atom stereocenters. The number of hydrogen-bond acceptors (Lipinski definition) is 25. The SMILES string of the molecule is O=C(C=Cc1ccc(O)cc1)OCC1OC(OC2C(Oc3cc4c(OC5OC(CO)C(O)C(O)C5O)cc(O)cc4[o+]c3-c3ccc(O)c(O)c3)OC(COC(=O)C=Cc3ccc(O)c(O)c3)C(O)C2O)C(O)C(O)C1O. The van der Waals surface area contributed by atoms with E-state index in [1.165, 1.54) is 60.7 Å². The van der Waals surface area contributed by atoms with Crippen molar-refractivity contribution in [3.63, 3.8) is 0 Å². The zero-order valence-electron chi connectivity index (χ0n) is 39.8. The lowest BCUT2D eigenvalue weighted by atomic mass is 9.97. The molecule has 26 nitrogen and oxygen atoms in total. The molecule has 1 aromatic heterocycles. The van der Waals surface area contributed by atoms with Crippen molar-refractivity contribution in [2.75, 3.05) is 19.8 Å². The summed E-state index contributed by atoms with van der Waals surface area (Å²) in [4.78, 5) is 25.6. The third-order valence-corrected chi connectivity index (χ3v) is 12.5. The highest BCUT2D eigenvalue weighted by Crippen LogP contribution is 2.44. The zero-order chi connectivity index (χ0) is 55.4. The second-order valence-corrected chi connectivity index (χ2v) is 17.8. The Morgan fingerprint density at radius 1 is 0.506 bits per heavy atom. The van der Waals surface area contributed by atoms with Crippen molar-refractivity contribution in [3.8, 4) is 57.3 Å². The molecule has 4 heterocycles.